The number of anilines is 1. The zero-order chi connectivity index (χ0) is 17.9. The third kappa shape index (κ3) is 3.11. The quantitative estimate of drug-likeness (QED) is 0.732. The van der Waals surface area contributed by atoms with Gasteiger partial charge in [0.1, 0.15) is 12.1 Å². The molecule has 0 amide bonds. The lowest BCUT2D eigenvalue weighted by molar-refractivity contribution is 0.203. The van der Waals surface area contributed by atoms with Gasteiger partial charge in [0.05, 0.1) is 5.56 Å². The van der Waals surface area contributed by atoms with E-state index >= 15 is 0 Å². The molecular weight excluding hydrogens is 332 g/mol. The summed E-state index contributed by atoms with van der Waals surface area (Å²) < 4.78 is 1.41. The number of hydrogen-bond donors (Lipinski definition) is 2. The van der Waals surface area contributed by atoms with Crippen molar-refractivity contribution in [2.45, 2.75) is 12.8 Å². The summed E-state index contributed by atoms with van der Waals surface area (Å²) >= 11 is 0. The first kappa shape index (κ1) is 16.5. The summed E-state index contributed by atoms with van der Waals surface area (Å²) in [6.45, 7) is 1.91. The van der Waals surface area contributed by atoms with E-state index in [1.54, 1.807) is 24.7 Å². The zero-order valence-corrected chi connectivity index (χ0v) is 14.2. The van der Waals surface area contributed by atoms with Crippen LogP contribution in [-0.2, 0) is 0 Å². The fraction of sp³-hybridized carbons (Fsp3) is 0.333. The van der Waals surface area contributed by atoms with Crippen molar-refractivity contribution in [3.63, 3.8) is 0 Å². The molecule has 0 aliphatic carbocycles. The molecule has 0 aromatic carbocycles. The van der Waals surface area contributed by atoms with Crippen LogP contribution in [0.15, 0.2) is 47.9 Å². The van der Waals surface area contributed by atoms with Gasteiger partial charge in [0, 0.05) is 49.9 Å². The molecule has 4 rings (SSSR count). The van der Waals surface area contributed by atoms with E-state index in [0.717, 1.165) is 37.3 Å². The summed E-state index contributed by atoms with van der Waals surface area (Å²) in [5, 5.41) is 12.2. The molecule has 4 heterocycles. The van der Waals surface area contributed by atoms with Gasteiger partial charge in [-0.2, -0.15) is 0 Å². The highest BCUT2D eigenvalue weighted by Crippen LogP contribution is 2.22. The lowest BCUT2D eigenvalue weighted by Crippen LogP contribution is -2.35. The maximum atomic E-state index is 12.7. The van der Waals surface area contributed by atoms with Crippen LogP contribution in [0.4, 0.5) is 5.82 Å². The van der Waals surface area contributed by atoms with E-state index in [9.17, 15) is 9.90 Å². The molecule has 0 radical (unpaired) electrons. The van der Waals surface area contributed by atoms with Crippen molar-refractivity contribution in [2.75, 3.05) is 24.6 Å². The predicted molar refractivity (Wildman–Crippen MR) is 97.2 cm³/mol. The summed E-state index contributed by atoms with van der Waals surface area (Å²) in [5.74, 6) is 1.65. The Morgan fingerprint density at radius 3 is 2.77 bits per heavy atom. The van der Waals surface area contributed by atoms with E-state index in [1.807, 2.05) is 12.1 Å². The lowest BCUT2D eigenvalue weighted by atomic mass is 9.98. The van der Waals surface area contributed by atoms with E-state index in [2.05, 4.69) is 25.0 Å². The van der Waals surface area contributed by atoms with Gasteiger partial charge in [0.25, 0.3) is 5.56 Å². The highest BCUT2D eigenvalue weighted by atomic mass is 16.3. The van der Waals surface area contributed by atoms with Crippen LogP contribution in [0.5, 0.6) is 0 Å². The molecule has 3 aromatic rings. The number of nitrogens with one attached hydrogen (secondary N) is 1. The highest BCUT2D eigenvalue weighted by Gasteiger charge is 2.20. The van der Waals surface area contributed by atoms with Gasteiger partial charge in [-0.05, 0) is 24.8 Å². The number of aromatic amines is 1. The Kier molecular flexibility index (Phi) is 4.49. The second-order valence-electron chi connectivity index (χ2n) is 6.42. The van der Waals surface area contributed by atoms with Gasteiger partial charge in [0.2, 0.25) is 0 Å². The van der Waals surface area contributed by atoms with Crippen molar-refractivity contribution in [3.8, 4) is 16.9 Å². The minimum Gasteiger partial charge on any atom is -0.396 e. The summed E-state index contributed by atoms with van der Waals surface area (Å²) in [5.41, 5.74) is 1.12. The average Bonchev–Trinajstić information content (AvgIpc) is 3.10. The molecule has 0 saturated carbocycles. The van der Waals surface area contributed by atoms with Gasteiger partial charge >= 0.3 is 0 Å². The topological polar surface area (TPSA) is 99.9 Å². The van der Waals surface area contributed by atoms with Crippen LogP contribution in [0.3, 0.4) is 0 Å². The molecule has 1 aliphatic heterocycles. The number of H-pyrrole nitrogens is 1. The molecule has 134 valence electrons. The normalized spacial score (nSPS) is 15.3. The van der Waals surface area contributed by atoms with Crippen LogP contribution in [0.2, 0.25) is 0 Å². The maximum absolute atomic E-state index is 12.7. The van der Waals surface area contributed by atoms with Crippen molar-refractivity contribution in [1.82, 2.24) is 24.7 Å². The second-order valence-corrected chi connectivity index (χ2v) is 6.42. The SMILES string of the molecule is O=c1c(-c2cccnc2)c[nH]n1-c1cc(N2CCC(CO)CC2)ncn1. The number of aliphatic hydroxyl groups excluding tert-OH is 1. The van der Waals surface area contributed by atoms with Crippen LogP contribution >= 0.6 is 0 Å². The van der Waals surface area contributed by atoms with Gasteiger partial charge in [-0.1, -0.05) is 6.07 Å². The third-order valence-electron chi connectivity index (χ3n) is 4.81. The predicted octanol–water partition coefficient (Wildman–Crippen LogP) is 1.23. The Hall–Kier alpha value is -3.00. The van der Waals surface area contributed by atoms with Crippen molar-refractivity contribution >= 4 is 5.82 Å². The van der Waals surface area contributed by atoms with Crippen LogP contribution in [0, 0.1) is 5.92 Å². The molecular formula is C18H20N6O2. The molecule has 2 N–H and O–H groups in total. The summed E-state index contributed by atoms with van der Waals surface area (Å²) in [6, 6.07) is 5.45. The van der Waals surface area contributed by atoms with Crippen LogP contribution in [0.25, 0.3) is 16.9 Å². The van der Waals surface area contributed by atoms with Crippen LogP contribution < -0.4 is 10.5 Å². The fourth-order valence-corrected chi connectivity index (χ4v) is 3.25. The molecule has 0 atom stereocenters. The van der Waals surface area contributed by atoms with Crippen molar-refractivity contribution in [2.24, 2.45) is 5.92 Å². The highest BCUT2D eigenvalue weighted by molar-refractivity contribution is 5.60. The average molecular weight is 352 g/mol. The smallest absolute Gasteiger partial charge is 0.280 e. The molecule has 3 aromatic heterocycles. The Balaban J connectivity index is 1.62. The van der Waals surface area contributed by atoms with Gasteiger partial charge < -0.3 is 10.0 Å². The molecule has 26 heavy (non-hydrogen) atoms. The van der Waals surface area contributed by atoms with Gasteiger partial charge in [-0.3, -0.25) is 14.9 Å². The first-order valence-corrected chi connectivity index (χ1v) is 8.65. The van der Waals surface area contributed by atoms with Crippen LogP contribution in [0.1, 0.15) is 12.8 Å². The Labute approximate surface area is 150 Å². The monoisotopic (exact) mass is 352 g/mol. The molecule has 8 nitrogen and oxygen atoms in total. The molecule has 8 heteroatoms. The first-order valence-electron chi connectivity index (χ1n) is 8.65. The Morgan fingerprint density at radius 1 is 1.23 bits per heavy atom. The molecule has 0 bridgehead atoms. The minimum absolute atomic E-state index is 0.179. The van der Waals surface area contributed by atoms with Gasteiger partial charge in [-0.15, -0.1) is 0 Å². The molecule has 1 aliphatic rings. The number of nitrogens with zero attached hydrogens (tertiary/aromatic N) is 5. The summed E-state index contributed by atoms with van der Waals surface area (Å²) in [7, 11) is 0. The first-order chi connectivity index (χ1) is 12.8. The number of piperidine rings is 1. The molecule has 1 fully saturated rings. The summed E-state index contributed by atoms with van der Waals surface area (Å²) in [4.78, 5) is 27.6. The molecule has 0 unspecified atom stereocenters. The van der Waals surface area contributed by atoms with E-state index < -0.39 is 0 Å². The number of aliphatic hydroxyl groups is 1. The second kappa shape index (κ2) is 7.09. The van der Waals surface area contributed by atoms with Crippen molar-refractivity contribution in [3.05, 3.63) is 53.5 Å². The van der Waals surface area contributed by atoms with E-state index in [1.165, 1.54) is 11.0 Å². The van der Waals surface area contributed by atoms with Crippen LogP contribution in [-0.4, -0.2) is 49.5 Å². The number of hydrogen-bond acceptors (Lipinski definition) is 6. The fourth-order valence-electron chi connectivity index (χ4n) is 3.25. The molecule has 0 spiro atoms. The number of aromatic nitrogens is 5. The number of rotatable bonds is 4. The number of pyridine rings is 1. The largest absolute Gasteiger partial charge is 0.396 e. The maximum Gasteiger partial charge on any atom is 0.280 e. The third-order valence-corrected chi connectivity index (χ3v) is 4.81. The Bertz CT molecular complexity index is 928. The van der Waals surface area contributed by atoms with E-state index in [0.29, 0.717) is 17.3 Å². The Morgan fingerprint density at radius 2 is 2.04 bits per heavy atom. The summed E-state index contributed by atoms with van der Waals surface area (Å²) in [6.07, 6.45) is 8.33. The standard InChI is InChI=1S/C18H20N6O2/c25-11-13-3-6-23(7-4-13)16-8-17(21-12-20-16)24-18(26)15(10-22-24)14-2-1-5-19-9-14/h1-2,5,8-10,12-13,22,25H,3-4,6-7,11H2. The minimum atomic E-state index is -0.179. The van der Waals surface area contributed by atoms with E-state index in [-0.39, 0.29) is 12.2 Å². The van der Waals surface area contributed by atoms with E-state index in [4.69, 9.17) is 0 Å². The molecule has 1 saturated heterocycles. The lowest BCUT2D eigenvalue weighted by Gasteiger charge is -2.31. The van der Waals surface area contributed by atoms with Crippen molar-refractivity contribution < 1.29 is 5.11 Å². The van der Waals surface area contributed by atoms with Crippen molar-refractivity contribution in [1.29, 1.82) is 0 Å². The van der Waals surface area contributed by atoms with Gasteiger partial charge in [-0.25, -0.2) is 14.6 Å². The van der Waals surface area contributed by atoms with Gasteiger partial charge in [0.15, 0.2) is 5.82 Å². The zero-order valence-electron chi connectivity index (χ0n) is 14.2.